The first-order chi connectivity index (χ1) is 15.0. The molecule has 8 heteroatoms. The van der Waals surface area contributed by atoms with E-state index in [1.54, 1.807) is 4.68 Å². The summed E-state index contributed by atoms with van der Waals surface area (Å²) in [5.41, 5.74) is 4.64. The van der Waals surface area contributed by atoms with Gasteiger partial charge in [0.15, 0.2) is 6.61 Å². The van der Waals surface area contributed by atoms with E-state index < -0.39 is 0 Å². The number of amides is 1. The third-order valence-electron chi connectivity index (χ3n) is 4.62. The van der Waals surface area contributed by atoms with Crippen LogP contribution in [0, 0.1) is 6.92 Å². The fraction of sp³-hybridized carbons (Fsp3) is 0.0870. The van der Waals surface area contributed by atoms with Gasteiger partial charge in [-0.25, -0.2) is 10.1 Å². The zero-order valence-electron chi connectivity index (χ0n) is 16.5. The minimum Gasteiger partial charge on any atom is -0.483 e. The molecule has 31 heavy (non-hydrogen) atoms. The number of nitrogens with one attached hydrogen (secondary N) is 1. The number of benzene rings is 3. The van der Waals surface area contributed by atoms with Crippen LogP contribution in [0.5, 0.6) is 5.75 Å². The van der Waals surface area contributed by atoms with Crippen molar-refractivity contribution in [3.8, 4) is 11.4 Å². The van der Waals surface area contributed by atoms with Crippen LogP contribution in [0.2, 0.25) is 5.15 Å². The first-order valence-electron chi connectivity index (χ1n) is 9.47. The normalized spacial score (nSPS) is 11.2. The molecule has 0 spiro atoms. The van der Waals surface area contributed by atoms with Crippen molar-refractivity contribution >= 4 is 50.4 Å². The lowest BCUT2D eigenvalue weighted by atomic mass is 10.1. The molecule has 4 aromatic rings. The van der Waals surface area contributed by atoms with Crippen molar-refractivity contribution in [2.75, 3.05) is 6.61 Å². The molecular weight excluding hydrogens is 480 g/mol. The fourth-order valence-corrected chi connectivity index (χ4v) is 3.90. The highest BCUT2D eigenvalue weighted by Crippen LogP contribution is 2.31. The number of rotatable bonds is 6. The number of halogens is 2. The van der Waals surface area contributed by atoms with Crippen LogP contribution in [0.25, 0.3) is 16.5 Å². The van der Waals surface area contributed by atoms with Crippen LogP contribution in [0.1, 0.15) is 11.3 Å². The van der Waals surface area contributed by atoms with Crippen LogP contribution in [0.15, 0.2) is 76.3 Å². The van der Waals surface area contributed by atoms with Gasteiger partial charge in [-0.15, -0.1) is 0 Å². The Bertz CT molecular complexity index is 1270. The van der Waals surface area contributed by atoms with Crippen molar-refractivity contribution in [3.63, 3.8) is 0 Å². The Morgan fingerprint density at radius 2 is 1.84 bits per heavy atom. The first kappa shape index (κ1) is 21.1. The summed E-state index contributed by atoms with van der Waals surface area (Å²) in [6.07, 6.45) is 1.48. The van der Waals surface area contributed by atoms with Crippen LogP contribution in [0.4, 0.5) is 0 Å². The number of aryl methyl sites for hydroxylation is 1. The average molecular weight is 498 g/mol. The van der Waals surface area contributed by atoms with Gasteiger partial charge in [0.1, 0.15) is 10.9 Å². The predicted octanol–water partition coefficient (Wildman–Crippen LogP) is 5.28. The molecule has 0 radical (unpaired) electrons. The number of carbonyl (C=O) groups excluding carboxylic acids is 1. The van der Waals surface area contributed by atoms with E-state index >= 15 is 0 Å². The largest absolute Gasteiger partial charge is 0.483 e. The second kappa shape index (κ2) is 9.32. The zero-order valence-corrected chi connectivity index (χ0v) is 18.9. The van der Waals surface area contributed by atoms with Gasteiger partial charge in [0, 0.05) is 9.86 Å². The van der Waals surface area contributed by atoms with Gasteiger partial charge in [0.25, 0.3) is 5.91 Å². The molecule has 6 nitrogen and oxygen atoms in total. The molecule has 0 saturated carbocycles. The van der Waals surface area contributed by atoms with E-state index in [1.165, 1.54) is 6.21 Å². The van der Waals surface area contributed by atoms with Gasteiger partial charge >= 0.3 is 0 Å². The van der Waals surface area contributed by atoms with Crippen molar-refractivity contribution in [1.29, 1.82) is 0 Å². The SMILES string of the molecule is Cc1nn(-c2ccccc2)c(Cl)c1/C=N/NC(=O)COc1ccc(Br)c2ccccc12. The smallest absolute Gasteiger partial charge is 0.277 e. The van der Waals surface area contributed by atoms with Gasteiger partial charge in [0.2, 0.25) is 0 Å². The van der Waals surface area contributed by atoms with Crippen molar-refractivity contribution in [2.24, 2.45) is 5.10 Å². The maximum Gasteiger partial charge on any atom is 0.277 e. The quantitative estimate of drug-likeness (QED) is 0.291. The maximum atomic E-state index is 12.2. The number of ether oxygens (including phenoxy) is 1. The molecule has 0 aliphatic heterocycles. The molecule has 156 valence electrons. The van der Waals surface area contributed by atoms with Gasteiger partial charge < -0.3 is 4.74 Å². The highest BCUT2D eigenvalue weighted by Gasteiger charge is 2.13. The van der Waals surface area contributed by atoms with Gasteiger partial charge in [-0.3, -0.25) is 4.79 Å². The van der Waals surface area contributed by atoms with E-state index in [9.17, 15) is 4.79 Å². The van der Waals surface area contributed by atoms with Crippen molar-refractivity contribution in [3.05, 3.63) is 87.6 Å². The van der Waals surface area contributed by atoms with Crippen LogP contribution < -0.4 is 10.2 Å². The fourth-order valence-electron chi connectivity index (χ4n) is 3.10. The van der Waals surface area contributed by atoms with Gasteiger partial charge in [-0.1, -0.05) is 70.0 Å². The van der Waals surface area contributed by atoms with Crippen molar-refractivity contribution in [2.45, 2.75) is 6.92 Å². The Kier molecular flexibility index (Phi) is 6.34. The molecule has 1 aromatic heterocycles. The van der Waals surface area contributed by atoms with Crippen LogP contribution in [-0.4, -0.2) is 28.5 Å². The molecular formula is C23H18BrClN4O2. The number of nitrogens with zero attached hydrogens (tertiary/aromatic N) is 3. The summed E-state index contributed by atoms with van der Waals surface area (Å²) in [6.45, 7) is 1.66. The monoisotopic (exact) mass is 496 g/mol. The summed E-state index contributed by atoms with van der Waals surface area (Å²) in [5, 5.41) is 10.8. The number of hydrogen-bond donors (Lipinski definition) is 1. The Labute approximate surface area is 192 Å². The molecule has 0 unspecified atom stereocenters. The van der Waals surface area contributed by atoms with Gasteiger partial charge in [-0.05, 0) is 36.6 Å². The van der Waals surface area contributed by atoms with Crippen molar-refractivity contribution in [1.82, 2.24) is 15.2 Å². The maximum absolute atomic E-state index is 12.2. The third-order valence-corrected chi connectivity index (χ3v) is 5.68. The molecule has 1 heterocycles. The van der Waals surface area contributed by atoms with Crippen LogP contribution in [0.3, 0.4) is 0 Å². The Morgan fingerprint density at radius 3 is 2.61 bits per heavy atom. The Hall–Kier alpha value is -3.16. The summed E-state index contributed by atoms with van der Waals surface area (Å²) in [5.74, 6) is 0.244. The summed E-state index contributed by atoms with van der Waals surface area (Å²) in [7, 11) is 0. The highest BCUT2D eigenvalue weighted by atomic mass is 79.9. The Balaban J connectivity index is 1.41. The van der Waals surface area contributed by atoms with Gasteiger partial charge in [0.05, 0.1) is 23.2 Å². The molecule has 0 fully saturated rings. The summed E-state index contributed by atoms with van der Waals surface area (Å²) >= 11 is 9.98. The standard InChI is InChI=1S/C23H18BrClN4O2/c1-15-19(23(25)29(28-15)16-7-3-2-4-8-16)13-26-27-22(30)14-31-21-12-11-20(24)17-9-5-6-10-18(17)21/h2-13H,14H2,1H3,(H,27,30)/b26-13+. The number of hydrogen-bond acceptors (Lipinski definition) is 4. The third kappa shape index (κ3) is 4.62. The molecule has 0 aliphatic carbocycles. The molecule has 0 saturated heterocycles. The van der Waals surface area contributed by atoms with Crippen molar-refractivity contribution < 1.29 is 9.53 Å². The van der Waals surface area contributed by atoms with E-state index in [0.29, 0.717) is 22.2 Å². The molecule has 4 rings (SSSR count). The van der Waals surface area contributed by atoms with E-state index in [-0.39, 0.29) is 12.5 Å². The molecule has 0 bridgehead atoms. The second-order valence-electron chi connectivity index (χ2n) is 6.71. The number of hydrazone groups is 1. The van der Waals surface area contributed by atoms with E-state index in [1.807, 2.05) is 73.7 Å². The number of para-hydroxylation sites is 1. The summed E-state index contributed by atoms with van der Waals surface area (Å²) < 4.78 is 8.29. The molecule has 0 aliphatic rings. The van der Waals surface area contributed by atoms with E-state index in [4.69, 9.17) is 16.3 Å². The zero-order chi connectivity index (χ0) is 21.8. The molecule has 3 aromatic carbocycles. The highest BCUT2D eigenvalue weighted by molar-refractivity contribution is 9.10. The first-order valence-corrected chi connectivity index (χ1v) is 10.6. The summed E-state index contributed by atoms with van der Waals surface area (Å²) in [4.78, 5) is 12.2. The minimum atomic E-state index is -0.382. The second-order valence-corrected chi connectivity index (χ2v) is 7.92. The number of fused-ring (bicyclic) bond motifs is 1. The van der Waals surface area contributed by atoms with Crippen LogP contribution in [-0.2, 0) is 4.79 Å². The van der Waals surface area contributed by atoms with E-state index in [0.717, 1.165) is 20.9 Å². The lowest BCUT2D eigenvalue weighted by Gasteiger charge is -2.09. The molecule has 1 amide bonds. The lowest BCUT2D eigenvalue weighted by Crippen LogP contribution is -2.24. The lowest BCUT2D eigenvalue weighted by molar-refractivity contribution is -0.123. The predicted molar refractivity (Wildman–Crippen MR) is 126 cm³/mol. The molecule has 0 atom stereocenters. The topological polar surface area (TPSA) is 68.5 Å². The average Bonchev–Trinajstić information content (AvgIpc) is 3.08. The summed E-state index contributed by atoms with van der Waals surface area (Å²) in [6, 6.07) is 21.1. The molecule has 1 N–H and O–H groups in total. The van der Waals surface area contributed by atoms with E-state index in [2.05, 4.69) is 31.6 Å². The minimum absolute atomic E-state index is 0.168. The van der Waals surface area contributed by atoms with Crippen LogP contribution >= 0.6 is 27.5 Å². The number of aromatic nitrogens is 2. The number of carbonyl (C=O) groups is 1. The Morgan fingerprint density at radius 1 is 1.13 bits per heavy atom. The van der Waals surface area contributed by atoms with Gasteiger partial charge in [-0.2, -0.15) is 10.2 Å².